The van der Waals surface area contributed by atoms with Crippen LogP contribution in [0.1, 0.15) is 55.7 Å². The van der Waals surface area contributed by atoms with Gasteiger partial charge in [-0.25, -0.2) is 9.78 Å². The molecule has 2 N–H and O–H groups in total. The third-order valence-corrected chi connectivity index (χ3v) is 5.03. The summed E-state index contributed by atoms with van der Waals surface area (Å²) in [5.41, 5.74) is 0.856. The van der Waals surface area contributed by atoms with Crippen LogP contribution in [-0.4, -0.2) is 40.7 Å². The van der Waals surface area contributed by atoms with E-state index in [1.165, 1.54) is 0 Å². The van der Waals surface area contributed by atoms with E-state index < -0.39 is 0 Å². The van der Waals surface area contributed by atoms with Crippen LogP contribution >= 0.6 is 11.3 Å². The van der Waals surface area contributed by atoms with E-state index in [2.05, 4.69) is 10.3 Å². The molecular weight excluding hydrogens is 298 g/mol. The third-order valence-electron chi connectivity index (χ3n) is 3.79. The molecular formula is C16H29N3O2S. The van der Waals surface area contributed by atoms with Crippen molar-refractivity contribution in [3.63, 3.8) is 0 Å². The highest BCUT2D eigenvalue weighted by molar-refractivity contribution is 7.11. The van der Waals surface area contributed by atoms with Gasteiger partial charge in [0.1, 0.15) is 0 Å². The van der Waals surface area contributed by atoms with Crippen molar-refractivity contribution >= 4 is 17.4 Å². The maximum Gasteiger partial charge on any atom is 0.317 e. The van der Waals surface area contributed by atoms with Crippen molar-refractivity contribution in [1.29, 1.82) is 0 Å². The second kappa shape index (κ2) is 7.42. The number of thiazole rings is 1. The van der Waals surface area contributed by atoms with E-state index in [9.17, 15) is 9.90 Å². The van der Waals surface area contributed by atoms with E-state index in [-0.39, 0.29) is 23.6 Å². The predicted molar refractivity (Wildman–Crippen MR) is 91.2 cm³/mol. The number of aromatic nitrogens is 1. The molecule has 1 heterocycles. The molecule has 0 spiro atoms. The Kier molecular flexibility index (Phi) is 6.38. The Balaban J connectivity index is 2.63. The fraction of sp³-hybridized carbons (Fsp3) is 0.750. The summed E-state index contributed by atoms with van der Waals surface area (Å²) in [6.45, 7) is 12.4. The molecule has 2 unspecified atom stereocenters. The van der Waals surface area contributed by atoms with E-state index in [1.807, 2.05) is 34.6 Å². The fourth-order valence-corrected chi connectivity index (χ4v) is 3.62. The molecule has 126 valence electrons. The second-order valence-electron chi connectivity index (χ2n) is 6.85. The number of amides is 2. The molecule has 2 atom stereocenters. The number of hydrogen-bond acceptors (Lipinski definition) is 4. The maximum atomic E-state index is 12.3. The quantitative estimate of drug-likeness (QED) is 0.843. The third kappa shape index (κ3) is 5.25. The highest BCUT2D eigenvalue weighted by atomic mass is 32.1. The van der Waals surface area contributed by atoms with Crippen molar-refractivity contribution in [1.82, 2.24) is 15.2 Å². The van der Waals surface area contributed by atoms with Crippen LogP contribution < -0.4 is 5.32 Å². The number of nitrogens with zero attached hydrogens (tertiary/aromatic N) is 2. The number of aliphatic hydroxyl groups is 1. The minimum Gasteiger partial charge on any atom is -0.393 e. The summed E-state index contributed by atoms with van der Waals surface area (Å²) in [4.78, 5) is 19.6. The smallest absolute Gasteiger partial charge is 0.317 e. The number of aliphatic hydroxyl groups excluding tert-OH is 1. The van der Waals surface area contributed by atoms with Gasteiger partial charge in [0.2, 0.25) is 0 Å². The number of rotatable bonds is 6. The highest BCUT2D eigenvalue weighted by Crippen LogP contribution is 2.28. The van der Waals surface area contributed by atoms with Gasteiger partial charge in [-0.2, -0.15) is 0 Å². The molecule has 0 fully saturated rings. The average Bonchev–Trinajstić information content (AvgIpc) is 2.72. The Morgan fingerprint density at radius 2 is 2.00 bits per heavy atom. The van der Waals surface area contributed by atoms with Crippen molar-refractivity contribution in [2.24, 2.45) is 5.41 Å². The van der Waals surface area contributed by atoms with Crippen molar-refractivity contribution < 1.29 is 9.90 Å². The Bertz CT molecular complexity index is 511. The lowest BCUT2D eigenvalue weighted by molar-refractivity contribution is 0.126. The van der Waals surface area contributed by atoms with Crippen molar-refractivity contribution in [3.8, 4) is 0 Å². The van der Waals surface area contributed by atoms with Gasteiger partial charge in [0.15, 0.2) is 0 Å². The molecule has 0 aliphatic carbocycles. The van der Waals surface area contributed by atoms with Crippen LogP contribution in [0.3, 0.4) is 0 Å². The molecule has 0 aromatic carbocycles. The van der Waals surface area contributed by atoms with Crippen LogP contribution in [0.2, 0.25) is 0 Å². The van der Waals surface area contributed by atoms with Gasteiger partial charge in [-0.1, -0.05) is 13.8 Å². The van der Waals surface area contributed by atoms with E-state index in [0.717, 1.165) is 15.6 Å². The highest BCUT2D eigenvalue weighted by Gasteiger charge is 2.25. The zero-order chi connectivity index (χ0) is 17.1. The van der Waals surface area contributed by atoms with Crippen molar-refractivity contribution in [2.75, 3.05) is 13.6 Å². The molecule has 0 bridgehead atoms. The molecule has 0 saturated carbocycles. The molecule has 0 radical (unpaired) electrons. The van der Waals surface area contributed by atoms with Gasteiger partial charge >= 0.3 is 6.03 Å². The molecule has 0 aliphatic rings. The van der Waals surface area contributed by atoms with E-state index in [0.29, 0.717) is 13.0 Å². The van der Waals surface area contributed by atoms with Gasteiger partial charge in [-0.15, -0.1) is 11.3 Å². The van der Waals surface area contributed by atoms with Crippen LogP contribution in [0.25, 0.3) is 0 Å². The summed E-state index contributed by atoms with van der Waals surface area (Å²) in [5.74, 6) is 0. The molecule has 2 amide bonds. The van der Waals surface area contributed by atoms with Gasteiger partial charge in [0.05, 0.1) is 22.8 Å². The summed E-state index contributed by atoms with van der Waals surface area (Å²) >= 11 is 1.63. The summed E-state index contributed by atoms with van der Waals surface area (Å²) in [6.07, 6.45) is 0.283. The maximum absolute atomic E-state index is 12.3. The second-order valence-corrected chi connectivity index (χ2v) is 8.08. The first-order valence-electron chi connectivity index (χ1n) is 7.66. The van der Waals surface area contributed by atoms with E-state index in [1.54, 1.807) is 30.2 Å². The Labute approximate surface area is 137 Å². The summed E-state index contributed by atoms with van der Waals surface area (Å²) in [5, 5.41) is 13.5. The Morgan fingerprint density at radius 3 is 2.45 bits per heavy atom. The molecule has 5 nitrogen and oxygen atoms in total. The lowest BCUT2D eigenvalue weighted by atomic mass is 9.87. The minimum absolute atomic E-state index is 0.00826. The number of carbonyl (C=O) groups is 1. The van der Waals surface area contributed by atoms with Crippen LogP contribution in [0.15, 0.2) is 0 Å². The first-order valence-corrected chi connectivity index (χ1v) is 8.48. The van der Waals surface area contributed by atoms with Crippen LogP contribution in [0.4, 0.5) is 4.79 Å². The predicted octanol–water partition coefficient (Wildman–Crippen LogP) is 3.26. The van der Waals surface area contributed by atoms with Gasteiger partial charge in [-0.05, 0) is 39.5 Å². The zero-order valence-corrected chi connectivity index (χ0v) is 15.5. The Morgan fingerprint density at radius 1 is 1.41 bits per heavy atom. The first-order chi connectivity index (χ1) is 10.0. The summed E-state index contributed by atoms with van der Waals surface area (Å²) in [7, 11) is 1.80. The minimum atomic E-state index is -0.369. The largest absolute Gasteiger partial charge is 0.393 e. The van der Waals surface area contributed by atoms with Crippen molar-refractivity contribution in [2.45, 2.75) is 60.1 Å². The fourth-order valence-electron chi connectivity index (χ4n) is 2.60. The van der Waals surface area contributed by atoms with Gasteiger partial charge in [0.25, 0.3) is 0 Å². The van der Waals surface area contributed by atoms with Gasteiger partial charge in [-0.3, -0.25) is 0 Å². The summed E-state index contributed by atoms with van der Waals surface area (Å²) < 4.78 is 0. The zero-order valence-electron chi connectivity index (χ0n) is 14.7. The topological polar surface area (TPSA) is 65.5 Å². The number of nitrogens with one attached hydrogen (secondary N) is 1. The van der Waals surface area contributed by atoms with Gasteiger partial charge in [0, 0.05) is 18.5 Å². The summed E-state index contributed by atoms with van der Waals surface area (Å²) in [6, 6.07) is -0.109. The Hall–Kier alpha value is -1.14. The van der Waals surface area contributed by atoms with E-state index in [4.69, 9.17) is 0 Å². The normalized spacial score (nSPS) is 14.5. The molecule has 0 aliphatic heterocycles. The number of hydrogen-bond donors (Lipinski definition) is 2. The monoisotopic (exact) mass is 327 g/mol. The molecule has 0 saturated heterocycles. The first kappa shape index (κ1) is 18.9. The number of carbonyl (C=O) groups excluding carboxylic acids is 1. The average molecular weight is 327 g/mol. The lowest BCUT2D eigenvalue weighted by Crippen LogP contribution is -2.43. The number of aryl methyl sites for hydroxylation is 2. The lowest BCUT2D eigenvalue weighted by Gasteiger charge is -2.29. The van der Waals surface area contributed by atoms with E-state index >= 15 is 0 Å². The van der Waals surface area contributed by atoms with Crippen LogP contribution in [0.5, 0.6) is 0 Å². The van der Waals surface area contributed by atoms with Gasteiger partial charge < -0.3 is 15.3 Å². The van der Waals surface area contributed by atoms with Crippen molar-refractivity contribution in [3.05, 3.63) is 15.6 Å². The molecule has 1 rings (SSSR count). The SMILES string of the molecule is Cc1nc(C)c(C(C)N(C)C(=O)NCC(C)(C)CC(C)O)s1. The van der Waals surface area contributed by atoms with Crippen LogP contribution in [0, 0.1) is 19.3 Å². The molecule has 1 aromatic heterocycles. The standard InChI is InChI=1S/C16H29N3O2S/c1-10(20)8-16(5,6)9-17-15(21)19(7)12(3)14-11(2)18-13(4)22-14/h10,12,20H,8-9H2,1-7H3,(H,17,21). The van der Waals surface area contributed by atoms with Crippen LogP contribution in [-0.2, 0) is 0 Å². The molecule has 22 heavy (non-hydrogen) atoms. The number of urea groups is 1. The molecule has 1 aromatic rings. The molecule has 6 heteroatoms.